The molecule has 0 atom stereocenters. The summed E-state index contributed by atoms with van der Waals surface area (Å²) in [5.74, 6) is 1.62. The molecule has 1 aliphatic heterocycles. The number of amides is 1. The van der Waals surface area contributed by atoms with Gasteiger partial charge in [-0.3, -0.25) is 4.79 Å². The Kier molecular flexibility index (Phi) is 5.81. The summed E-state index contributed by atoms with van der Waals surface area (Å²) in [5, 5.41) is 3.58. The zero-order valence-corrected chi connectivity index (χ0v) is 16.2. The normalized spacial score (nSPS) is 12.4. The molecule has 0 bridgehead atoms. The highest BCUT2D eigenvalue weighted by Gasteiger charge is 2.12. The second-order valence-electron chi connectivity index (χ2n) is 6.19. The molecule has 6 nitrogen and oxygen atoms in total. The van der Waals surface area contributed by atoms with Crippen molar-refractivity contribution >= 4 is 23.7 Å². The van der Waals surface area contributed by atoms with Crippen LogP contribution >= 0.6 is 11.8 Å². The highest BCUT2D eigenvalue weighted by atomic mass is 32.2. The van der Waals surface area contributed by atoms with Crippen LogP contribution in [0.25, 0.3) is 17.3 Å². The Hall–Kier alpha value is -3.26. The molecule has 1 amide bonds. The zero-order valence-electron chi connectivity index (χ0n) is 15.4. The Bertz CT molecular complexity index is 1030. The number of rotatable bonds is 7. The Balaban J connectivity index is 1.21. The molecule has 0 fully saturated rings. The molecule has 0 saturated heterocycles. The fourth-order valence-corrected chi connectivity index (χ4v) is 3.43. The number of carbonyl (C=O) groups excluding carboxylic acids is 1. The topological polar surface area (TPSA) is 76.2 Å². The first-order chi connectivity index (χ1) is 14.2. The van der Waals surface area contributed by atoms with Crippen molar-refractivity contribution in [3.8, 4) is 22.8 Å². The highest BCUT2D eigenvalue weighted by Crippen LogP contribution is 2.32. The van der Waals surface area contributed by atoms with Gasteiger partial charge in [0.2, 0.25) is 12.7 Å². The van der Waals surface area contributed by atoms with Gasteiger partial charge in [-0.15, -0.1) is 0 Å². The first kappa shape index (κ1) is 19.1. The van der Waals surface area contributed by atoms with Crippen LogP contribution in [-0.2, 0) is 4.79 Å². The van der Waals surface area contributed by atoms with E-state index < -0.39 is 0 Å². The van der Waals surface area contributed by atoms with Crippen molar-refractivity contribution in [3.05, 3.63) is 66.1 Å². The van der Waals surface area contributed by atoms with Gasteiger partial charge in [-0.1, -0.05) is 17.8 Å². The predicted octanol–water partition coefficient (Wildman–Crippen LogP) is 3.87. The maximum atomic E-state index is 13.0. The summed E-state index contributed by atoms with van der Waals surface area (Å²) in [6, 6.07) is 11.7. The van der Waals surface area contributed by atoms with Gasteiger partial charge < -0.3 is 19.8 Å². The number of carbonyl (C=O) groups is 1. The number of nitrogens with one attached hydrogen (secondary N) is 2. The standard InChI is InChI=1S/C21H18FN3O3S/c22-16-5-3-15(4-6-16)17-12-24-21(25-17)29-10-9-23-20(26)8-2-14-1-7-18-19(11-14)28-13-27-18/h1-8,11-12H,9-10,13H2,(H,23,26)(H,24,25). The number of hydrogen-bond donors (Lipinski definition) is 2. The number of aromatic amines is 1. The maximum absolute atomic E-state index is 13.0. The van der Waals surface area contributed by atoms with Crippen LogP contribution in [0.2, 0.25) is 0 Å². The summed E-state index contributed by atoms with van der Waals surface area (Å²) in [5.41, 5.74) is 2.55. The molecular weight excluding hydrogens is 393 g/mol. The lowest BCUT2D eigenvalue weighted by molar-refractivity contribution is -0.116. The number of thioether (sulfide) groups is 1. The number of benzene rings is 2. The molecule has 0 saturated carbocycles. The number of nitrogens with zero attached hydrogens (tertiary/aromatic N) is 1. The van der Waals surface area contributed by atoms with E-state index in [4.69, 9.17) is 9.47 Å². The van der Waals surface area contributed by atoms with Crippen LogP contribution < -0.4 is 14.8 Å². The molecule has 1 aromatic heterocycles. The molecule has 2 heterocycles. The summed E-state index contributed by atoms with van der Waals surface area (Å²) in [7, 11) is 0. The highest BCUT2D eigenvalue weighted by molar-refractivity contribution is 7.99. The minimum atomic E-state index is -0.272. The number of hydrogen-bond acceptors (Lipinski definition) is 5. The Morgan fingerprint density at radius 1 is 1.21 bits per heavy atom. The van der Waals surface area contributed by atoms with Gasteiger partial charge in [0.1, 0.15) is 5.82 Å². The van der Waals surface area contributed by atoms with E-state index in [9.17, 15) is 9.18 Å². The monoisotopic (exact) mass is 411 g/mol. The molecule has 2 aromatic carbocycles. The minimum Gasteiger partial charge on any atom is -0.454 e. The van der Waals surface area contributed by atoms with E-state index in [0.717, 1.165) is 22.0 Å². The Morgan fingerprint density at radius 3 is 2.90 bits per heavy atom. The minimum absolute atomic E-state index is 0.172. The predicted molar refractivity (Wildman–Crippen MR) is 109 cm³/mol. The lowest BCUT2D eigenvalue weighted by atomic mass is 10.2. The van der Waals surface area contributed by atoms with Crippen molar-refractivity contribution < 1.29 is 18.7 Å². The molecule has 3 aromatic rings. The van der Waals surface area contributed by atoms with Crippen LogP contribution in [0.5, 0.6) is 11.5 Å². The Labute approximate surface area is 171 Å². The van der Waals surface area contributed by atoms with Gasteiger partial charge in [-0.2, -0.15) is 0 Å². The molecule has 0 aliphatic carbocycles. The largest absolute Gasteiger partial charge is 0.454 e. The fraction of sp³-hybridized carbons (Fsp3) is 0.143. The van der Waals surface area contributed by atoms with Crippen molar-refractivity contribution in [2.75, 3.05) is 19.1 Å². The van der Waals surface area contributed by atoms with Crippen molar-refractivity contribution in [2.24, 2.45) is 0 Å². The smallest absolute Gasteiger partial charge is 0.244 e. The molecular formula is C21H18FN3O3S. The molecule has 1 aliphatic rings. The first-order valence-electron chi connectivity index (χ1n) is 8.97. The van der Waals surface area contributed by atoms with Crippen LogP contribution in [0.3, 0.4) is 0 Å². The molecule has 148 valence electrons. The lowest BCUT2D eigenvalue weighted by Crippen LogP contribution is -2.23. The summed E-state index contributed by atoms with van der Waals surface area (Å²) < 4.78 is 23.6. The van der Waals surface area contributed by atoms with Gasteiger partial charge >= 0.3 is 0 Å². The first-order valence-corrected chi connectivity index (χ1v) is 9.95. The van der Waals surface area contributed by atoms with Crippen molar-refractivity contribution in [3.63, 3.8) is 0 Å². The number of aromatic nitrogens is 2. The quantitative estimate of drug-likeness (QED) is 0.351. The van der Waals surface area contributed by atoms with Crippen LogP contribution in [-0.4, -0.2) is 35.0 Å². The van der Waals surface area contributed by atoms with E-state index >= 15 is 0 Å². The van der Waals surface area contributed by atoms with Gasteiger partial charge in [0.15, 0.2) is 16.7 Å². The second-order valence-corrected chi connectivity index (χ2v) is 7.28. The third-order valence-corrected chi connectivity index (χ3v) is 5.06. The Morgan fingerprint density at radius 2 is 2.03 bits per heavy atom. The van der Waals surface area contributed by atoms with Gasteiger partial charge in [0.05, 0.1) is 11.9 Å². The van der Waals surface area contributed by atoms with E-state index in [1.807, 2.05) is 18.2 Å². The molecule has 8 heteroatoms. The van der Waals surface area contributed by atoms with Crippen molar-refractivity contribution in [1.29, 1.82) is 0 Å². The number of H-pyrrole nitrogens is 1. The number of imidazole rings is 1. The summed E-state index contributed by atoms with van der Waals surface area (Å²) >= 11 is 1.50. The third-order valence-electron chi connectivity index (χ3n) is 4.17. The molecule has 0 unspecified atom stereocenters. The van der Waals surface area contributed by atoms with Gasteiger partial charge in [-0.25, -0.2) is 9.37 Å². The average Bonchev–Trinajstić information content (AvgIpc) is 3.39. The van der Waals surface area contributed by atoms with E-state index in [2.05, 4.69) is 15.3 Å². The van der Waals surface area contributed by atoms with Gasteiger partial charge in [-0.05, 0) is 53.6 Å². The summed E-state index contributed by atoms with van der Waals surface area (Å²) in [4.78, 5) is 19.4. The third kappa shape index (κ3) is 4.97. The van der Waals surface area contributed by atoms with E-state index in [0.29, 0.717) is 23.8 Å². The van der Waals surface area contributed by atoms with Crippen LogP contribution in [0, 0.1) is 5.82 Å². The van der Waals surface area contributed by atoms with Crippen molar-refractivity contribution in [1.82, 2.24) is 15.3 Å². The number of ether oxygens (including phenoxy) is 2. The average molecular weight is 411 g/mol. The molecule has 4 rings (SSSR count). The number of fused-ring (bicyclic) bond motifs is 1. The second kappa shape index (κ2) is 8.83. The molecule has 2 N–H and O–H groups in total. The fourth-order valence-electron chi connectivity index (χ4n) is 2.72. The molecule has 0 spiro atoms. The van der Waals surface area contributed by atoms with E-state index in [1.54, 1.807) is 24.4 Å². The van der Waals surface area contributed by atoms with Gasteiger partial charge in [0, 0.05) is 18.4 Å². The molecule has 0 radical (unpaired) electrons. The molecule has 29 heavy (non-hydrogen) atoms. The van der Waals surface area contributed by atoms with Gasteiger partial charge in [0.25, 0.3) is 0 Å². The number of halogens is 1. The van der Waals surface area contributed by atoms with Crippen molar-refractivity contribution in [2.45, 2.75) is 5.16 Å². The summed E-state index contributed by atoms with van der Waals surface area (Å²) in [6.45, 7) is 0.725. The zero-order chi connectivity index (χ0) is 20.1. The maximum Gasteiger partial charge on any atom is 0.244 e. The lowest BCUT2D eigenvalue weighted by Gasteiger charge is -2.01. The SMILES string of the molecule is O=C(C=Cc1ccc2c(c1)OCO2)NCCSc1ncc(-c2ccc(F)cc2)[nH]1. The summed E-state index contributed by atoms with van der Waals surface area (Å²) in [6.07, 6.45) is 4.93. The van der Waals surface area contributed by atoms with Crippen LogP contribution in [0.15, 0.2) is 59.9 Å². The van der Waals surface area contributed by atoms with Crippen LogP contribution in [0.1, 0.15) is 5.56 Å². The van der Waals surface area contributed by atoms with Crippen LogP contribution in [0.4, 0.5) is 4.39 Å². The van der Waals surface area contributed by atoms with E-state index in [-0.39, 0.29) is 18.5 Å². The van der Waals surface area contributed by atoms with E-state index in [1.165, 1.54) is 30.0 Å².